The number of carbonyl (C=O) groups excluding carboxylic acids is 1. The summed E-state index contributed by atoms with van der Waals surface area (Å²) in [5.41, 5.74) is 0.220. The third-order valence-electron chi connectivity index (χ3n) is 9.67. The van der Waals surface area contributed by atoms with Crippen molar-refractivity contribution in [2.75, 3.05) is 13.6 Å². The molecule has 4 aliphatic carbocycles. The van der Waals surface area contributed by atoms with Crippen molar-refractivity contribution in [3.63, 3.8) is 0 Å². The molecule has 31 heavy (non-hydrogen) atoms. The molecule has 3 heteroatoms. The molecule has 4 fully saturated rings. The average Bonchev–Trinajstić information content (AvgIpc) is 3.11. The maximum absolute atomic E-state index is 13.3. The molecular weight excluding hydrogens is 402 g/mol. The molecule has 8 atom stereocenters. The summed E-state index contributed by atoms with van der Waals surface area (Å²) in [6.07, 6.45) is 18.4. The fraction of sp³-hybridized carbons (Fsp3) is 0.750. The van der Waals surface area contributed by atoms with Gasteiger partial charge in [0.1, 0.15) is 0 Å². The van der Waals surface area contributed by atoms with E-state index in [9.17, 15) is 4.79 Å². The Morgan fingerprint density at radius 3 is 2.71 bits per heavy atom. The van der Waals surface area contributed by atoms with E-state index in [1.54, 1.807) is 0 Å². The van der Waals surface area contributed by atoms with Crippen molar-refractivity contribution in [2.24, 2.45) is 46.8 Å². The fourth-order valence-corrected chi connectivity index (χ4v) is 8.49. The van der Waals surface area contributed by atoms with E-state index < -0.39 is 0 Å². The molecular formula is C28H40ClNO. The maximum Gasteiger partial charge on any atom is 0.155 e. The first kappa shape index (κ1) is 23.0. The van der Waals surface area contributed by atoms with Crippen LogP contribution in [0.2, 0.25) is 0 Å². The van der Waals surface area contributed by atoms with E-state index in [1.165, 1.54) is 51.4 Å². The second-order valence-electron chi connectivity index (χ2n) is 11.1. The lowest BCUT2D eigenvalue weighted by Gasteiger charge is -2.56. The number of hydrogen-bond acceptors (Lipinski definition) is 2. The number of ketones is 1. The number of rotatable bonds is 6. The third kappa shape index (κ3) is 4.50. The van der Waals surface area contributed by atoms with Crippen molar-refractivity contribution >= 4 is 17.4 Å². The summed E-state index contributed by atoms with van der Waals surface area (Å²) in [6.45, 7) is 6.77. The first-order valence-electron chi connectivity index (χ1n) is 12.6. The second kappa shape index (κ2) is 9.74. The summed E-state index contributed by atoms with van der Waals surface area (Å²) < 4.78 is 0. The van der Waals surface area contributed by atoms with Gasteiger partial charge in [-0.25, -0.2) is 0 Å². The first-order valence-corrected chi connectivity index (χ1v) is 13.0. The Labute approximate surface area is 194 Å². The van der Waals surface area contributed by atoms with Crippen LogP contribution in [0.25, 0.3) is 0 Å². The Morgan fingerprint density at radius 1 is 1.13 bits per heavy atom. The molecule has 0 heterocycles. The molecule has 170 valence electrons. The van der Waals surface area contributed by atoms with E-state index in [1.807, 2.05) is 19.3 Å². The van der Waals surface area contributed by atoms with Crippen molar-refractivity contribution in [1.29, 1.82) is 0 Å². The molecule has 0 aromatic heterocycles. The van der Waals surface area contributed by atoms with E-state index in [4.69, 9.17) is 11.6 Å². The minimum atomic E-state index is 0.220. The zero-order valence-electron chi connectivity index (χ0n) is 19.5. The van der Waals surface area contributed by atoms with Crippen LogP contribution in [0.15, 0.2) is 24.9 Å². The van der Waals surface area contributed by atoms with Crippen LogP contribution in [-0.4, -0.2) is 24.3 Å². The zero-order chi connectivity index (χ0) is 22.0. The highest BCUT2D eigenvalue weighted by atomic mass is 35.5. The second-order valence-corrected chi connectivity index (χ2v) is 11.3. The number of carbonyl (C=O) groups is 1. The van der Waals surface area contributed by atoms with Crippen LogP contribution >= 0.6 is 11.6 Å². The lowest BCUT2D eigenvalue weighted by atomic mass is 9.49. The number of allylic oxidation sites excluding steroid dienone is 2. The molecule has 2 nitrogen and oxygen atoms in total. The highest BCUT2D eigenvalue weighted by Crippen LogP contribution is 2.64. The standard InChI is InChI=1S/C28H40ClNO/c1-4-5-6-17-30(3)19-27(31)26-12-11-25-24-10-8-21-18-20(14-16-29)7-9-22(21)23(24)13-15-28(25,26)2/h4,6,17,20-26H,1,5,7-13,15,18-19H2,2-3H3. The molecule has 0 spiro atoms. The zero-order valence-corrected chi connectivity index (χ0v) is 20.2. The number of likely N-dealkylation sites (N-methyl/N-ethyl adjacent to an activating group) is 1. The molecule has 0 bridgehead atoms. The summed E-state index contributed by atoms with van der Waals surface area (Å²) in [7, 11) is 2.02. The molecule has 4 aliphatic rings. The van der Waals surface area contributed by atoms with Gasteiger partial charge in [-0.15, -0.1) is 6.58 Å². The van der Waals surface area contributed by atoms with Crippen molar-refractivity contribution < 1.29 is 4.79 Å². The lowest BCUT2D eigenvalue weighted by Crippen LogP contribution is -2.49. The number of halogens is 1. The summed E-state index contributed by atoms with van der Waals surface area (Å²) in [4.78, 5) is 15.4. The van der Waals surface area contributed by atoms with E-state index in [2.05, 4.69) is 35.8 Å². The van der Waals surface area contributed by atoms with Gasteiger partial charge in [0, 0.05) is 24.3 Å². The summed E-state index contributed by atoms with van der Waals surface area (Å²) in [5, 5.41) is 2.65. The number of fused-ring (bicyclic) bond motifs is 5. The van der Waals surface area contributed by atoms with Gasteiger partial charge in [-0.1, -0.05) is 25.0 Å². The predicted octanol–water partition coefficient (Wildman–Crippen LogP) is 6.66. The van der Waals surface area contributed by atoms with Crippen LogP contribution < -0.4 is 0 Å². The molecule has 0 amide bonds. The minimum Gasteiger partial charge on any atom is -0.373 e. The monoisotopic (exact) mass is 441 g/mol. The minimum absolute atomic E-state index is 0.220. The van der Waals surface area contributed by atoms with E-state index in [-0.39, 0.29) is 11.3 Å². The molecule has 0 radical (unpaired) electrons. The quantitative estimate of drug-likeness (QED) is 0.339. The number of hydrogen-bond donors (Lipinski definition) is 0. The summed E-state index contributed by atoms with van der Waals surface area (Å²) in [5.74, 6) is 8.72. The highest BCUT2D eigenvalue weighted by Gasteiger charge is 2.58. The molecule has 0 aromatic rings. The Morgan fingerprint density at radius 2 is 1.94 bits per heavy atom. The number of nitrogens with zero attached hydrogens (tertiary/aromatic N) is 1. The van der Waals surface area contributed by atoms with Gasteiger partial charge < -0.3 is 4.90 Å². The van der Waals surface area contributed by atoms with Crippen LogP contribution in [0.4, 0.5) is 0 Å². The van der Waals surface area contributed by atoms with Crippen molar-refractivity contribution in [1.82, 2.24) is 4.90 Å². The summed E-state index contributed by atoms with van der Waals surface area (Å²) in [6, 6.07) is 0. The molecule has 8 unspecified atom stereocenters. The van der Waals surface area contributed by atoms with Crippen LogP contribution in [0.5, 0.6) is 0 Å². The third-order valence-corrected chi connectivity index (χ3v) is 9.78. The van der Waals surface area contributed by atoms with E-state index in [0.717, 1.165) is 42.4 Å². The molecule has 4 saturated carbocycles. The van der Waals surface area contributed by atoms with Crippen LogP contribution in [0, 0.1) is 58.1 Å². The van der Waals surface area contributed by atoms with E-state index in [0.29, 0.717) is 18.2 Å². The molecule has 0 aromatic carbocycles. The Kier molecular flexibility index (Phi) is 7.22. The lowest BCUT2D eigenvalue weighted by molar-refractivity contribution is -0.130. The molecule has 0 aliphatic heterocycles. The van der Waals surface area contributed by atoms with Gasteiger partial charge in [-0.05, 0) is 117 Å². The Hall–Kier alpha value is -1.20. The van der Waals surface area contributed by atoms with Gasteiger partial charge in [-0.2, -0.15) is 0 Å². The van der Waals surface area contributed by atoms with Gasteiger partial charge in [0.2, 0.25) is 0 Å². The SMILES string of the molecule is C=CCC=CN(C)CC(=O)C1CCC2C3CCC4CC(C#CCl)CCC4C3CCC12C. The topological polar surface area (TPSA) is 20.3 Å². The van der Waals surface area contributed by atoms with Crippen LogP contribution in [0.3, 0.4) is 0 Å². The molecule has 4 rings (SSSR count). The summed E-state index contributed by atoms with van der Waals surface area (Å²) >= 11 is 5.70. The molecule has 0 saturated heterocycles. The number of Topliss-reactive ketones (excluding diaryl/α,β-unsaturated/α-hetero) is 1. The van der Waals surface area contributed by atoms with Gasteiger partial charge in [0.05, 0.1) is 6.54 Å². The van der Waals surface area contributed by atoms with E-state index >= 15 is 0 Å². The van der Waals surface area contributed by atoms with Crippen molar-refractivity contribution in [3.05, 3.63) is 24.9 Å². The van der Waals surface area contributed by atoms with Gasteiger partial charge in [0.15, 0.2) is 5.78 Å². The first-order chi connectivity index (χ1) is 15.0. The van der Waals surface area contributed by atoms with Crippen LogP contribution in [0.1, 0.15) is 71.1 Å². The van der Waals surface area contributed by atoms with Crippen molar-refractivity contribution in [3.8, 4) is 11.3 Å². The molecule has 0 N–H and O–H groups in total. The van der Waals surface area contributed by atoms with Gasteiger partial charge >= 0.3 is 0 Å². The van der Waals surface area contributed by atoms with Crippen LogP contribution in [-0.2, 0) is 4.79 Å². The average molecular weight is 442 g/mol. The van der Waals surface area contributed by atoms with Crippen molar-refractivity contribution in [2.45, 2.75) is 71.1 Å². The Balaban J connectivity index is 1.41. The van der Waals surface area contributed by atoms with Gasteiger partial charge in [-0.3, -0.25) is 4.79 Å². The largest absolute Gasteiger partial charge is 0.373 e. The maximum atomic E-state index is 13.3. The highest BCUT2D eigenvalue weighted by molar-refractivity contribution is 6.30. The Bertz CT molecular complexity index is 763. The predicted molar refractivity (Wildman–Crippen MR) is 129 cm³/mol. The normalized spacial score (nSPS) is 41.5. The van der Waals surface area contributed by atoms with Gasteiger partial charge in [0.25, 0.3) is 0 Å². The smallest absolute Gasteiger partial charge is 0.155 e. The fourth-order valence-electron chi connectivity index (χ4n) is 8.34.